The van der Waals surface area contributed by atoms with Crippen LogP contribution in [-0.4, -0.2) is 28.9 Å². The van der Waals surface area contributed by atoms with E-state index in [-0.39, 0.29) is 11.9 Å². The summed E-state index contributed by atoms with van der Waals surface area (Å²) in [7, 11) is 1.85. The first-order valence-corrected chi connectivity index (χ1v) is 9.52. The van der Waals surface area contributed by atoms with Gasteiger partial charge in [-0.05, 0) is 59.5 Å². The minimum absolute atomic E-state index is 0.0353. The molecular weight excluding hydrogens is 423 g/mol. The first kappa shape index (κ1) is 17.9. The third-order valence-corrected chi connectivity index (χ3v) is 5.37. The van der Waals surface area contributed by atoms with Gasteiger partial charge in [-0.25, -0.2) is 4.98 Å². The lowest BCUT2D eigenvalue weighted by molar-refractivity contribution is 0.0735. The summed E-state index contributed by atoms with van der Waals surface area (Å²) >= 11 is 2.29. The highest BCUT2D eigenvalue weighted by atomic mass is 127. The lowest BCUT2D eigenvalue weighted by atomic mass is 10.0. The molecule has 3 rings (SSSR count). The largest absolute Gasteiger partial charge is 0.338 e. The molecule has 1 atom stereocenters. The fourth-order valence-corrected chi connectivity index (χ4v) is 3.15. The minimum atomic E-state index is -0.0353. The van der Waals surface area contributed by atoms with Gasteiger partial charge >= 0.3 is 0 Å². The molecule has 1 aromatic heterocycles. The Kier molecular flexibility index (Phi) is 5.37. The van der Waals surface area contributed by atoms with Crippen molar-refractivity contribution in [3.63, 3.8) is 0 Å². The van der Waals surface area contributed by atoms with Gasteiger partial charge < -0.3 is 4.90 Å². The summed E-state index contributed by atoms with van der Waals surface area (Å²) in [5.74, 6) is -0.0353. The Morgan fingerprint density at radius 1 is 1.16 bits per heavy atom. The number of halogens is 1. The molecule has 0 aliphatic heterocycles. The molecule has 3 aromatic rings. The van der Waals surface area contributed by atoms with Crippen LogP contribution in [0.5, 0.6) is 0 Å². The molecule has 0 saturated heterocycles. The van der Waals surface area contributed by atoms with Crippen molar-refractivity contribution in [2.75, 3.05) is 7.05 Å². The molecule has 128 valence electrons. The molecule has 4 heteroatoms. The van der Waals surface area contributed by atoms with Crippen molar-refractivity contribution < 1.29 is 4.79 Å². The van der Waals surface area contributed by atoms with E-state index < -0.39 is 0 Å². The monoisotopic (exact) mass is 444 g/mol. The van der Waals surface area contributed by atoms with Gasteiger partial charge in [-0.1, -0.05) is 43.3 Å². The van der Waals surface area contributed by atoms with Crippen molar-refractivity contribution in [3.8, 4) is 11.3 Å². The highest BCUT2D eigenvalue weighted by Crippen LogP contribution is 2.28. The number of hydrogen-bond donors (Lipinski definition) is 0. The van der Waals surface area contributed by atoms with Crippen LogP contribution < -0.4 is 0 Å². The topological polar surface area (TPSA) is 33.2 Å². The Labute approximate surface area is 162 Å². The number of rotatable bonds is 4. The van der Waals surface area contributed by atoms with Crippen LogP contribution in [0.1, 0.15) is 30.8 Å². The molecule has 0 N–H and O–H groups in total. The third kappa shape index (κ3) is 3.68. The molecule has 1 amide bonds. The molecule has 0 aliphatic carbocycles. The first-order valence-electron chi connectivity index (χ1n) is 8.44. The molecule has 1 unspecified atom stereocenters. The van der Waals surface area contributed by atoms with Crippen molar-refractivity contribution in [1.29, 1.82) is 0 Å². The molecule has 0 bridgehead atoms. The lowest BCUT2D eigenvalue weighted by Gasteiger charge is -2.23. The Balaban J connectivity index is 2.16. The number of nitrogens with zero attached hydrogens (tertiary/aromatic N) is 2. The van der Waals surface area contributed by atoms with E-state index in [1.165, 1.54) is 3.57 Å². The number of fused-ring (bicyclic) bond motifs is 1. The number of hydrogen-bond acceptors (Lipinski definition) is 2. The van der Waals surface area contributed by atoms with Crippen LogP contribution >= 0.6 is 22.6 Å². The maximum absolute atomic E-state index is 12.9. The molecule has 0 fully saturated rings. The minimum Gasteiger partial charge on any atom is -0.338 e. The molecule has 0 aliphatic rings. The molecule has 0 saturated carbocycles. The predicted octanol–water partition coefficient (Wildman–Crippen LogP) is 5.38. The van der Waals surface area contributed by atoms with Crippen LogP contribution in [0.3, 0.4) is 0 Å². The molecule has 0 spiro atoms. The van der Waals surface area contributed by atoms with Gasteiger partial charge in [0, 0.05) is 27.6 Å². The summed E-state index contributed by atoms with van der Waals surface area (Å²) < 4.78 is 1.18. The number of benzene rings is 2. The van der Waals surface area contributed by atoms with E-state index in [0.29, 0.717) is 5.69 Å². The highest BCUT2D eigenvalue weighted by Gasteiger charge is 2.19. The van der Waals surface area contributed by atoms with Crippen molar-refractivity contribution in [2.24, 2.45) is 0 Å². The highest BCUT2D eigenvalue weighted by molar-refractivity contribution is 14.1. The van der Waals surface area contributed by atoms with Crippen molar-refractivity contribution in [3.05, 3.63) is 63.9 Å². The quantitative estimate of drug-likeness (QED) is 0.507. The van der Waals surface area contributed by atoms with Crippen LogP contribution in [0.15, 0.2) is 54.6 Å². The Morgan fingerprint density at radius 2 is 1.84 bits per heavy atom. The van der Waals surface area contributed by atoms with E-state index in [0.717, 1.165) is 28.5 Å². The summed E-state index contributed by atoms with van der Waals surface area (Å²) in [5, 5.41) is 2.10. The smallest absolute Gasteiger partial charge is 0.272 e. The Bertz CT molecular complexity index is 905. The average Bonchev–Trinajstić information content (AvgIpc) is 2.66. The molecule has 2 aromatic carbocycles. The third-order valence-electron chi connectivity index (χ3n) is 4.65. The normalized spacial score (nSPS) is 12.2. The van der Waals surface area contributed by atoms with E-state index in [2.05, 4.69) is 66.8 Å². The fraction of sp³-hybridized carbons (Fsp3) is 0.238. The Hall–Kier alpha value is -1.95. The van der Waals surface area contributed by atoms with E-state index in [1.54, 1.807) is 4.90 Å². The van der Waals surface area contributed by atoms with Crippen molar-refractivity contribution in [2.45, 2.75) is 26.3 Å². The van der Waals surface area contributed by atoms with Gasteiger partial charge in [-0.15, -0.1) is 0 Å². The van der Waals surface area contributed by atoms with Gasteiger partial charge in [-0.3, -0.25) is 4.79 Å². The maximum atomic E-state index is 12.9. The van der Waals surface area contributed by atoms with Gasteiger partial charge in [0.1, 0.15) is 5.69 Å². The lowest BCUT2D eigenvalue weighted by Crippen LogP contribution is -2.35. The zero-order valence-corrected chi connectivity index (χ0v) is 16.8. The zero-order chi connectivity index (χ0) is 18.0. The molecule has 0 radical (unpaired) electrons. The van der Waals surface area contributed by atoms with Crippen LogP contribution in [0, 0.1) is 3.57 Å². The summed E-state index contributed by atoms with van der Waals surface area (Å²) in [6.45, 7) is 4.14. The number of carbonyl (C=O) groups is 1. The average molecular weight is 444 g/mol. The summed E-state index contributed by atoms with van der Waals surface area (Å²) in [4.78, 5) is 19.4. The predicted molar refractivity (Wildman–Crippen MR) is 112 cm³/mol. The second-order valence-electron chi connectivity index (χ2n) is 6.26. The second kappa shape index (κ2) is 7.52. The molecular formula is C21H21IN2O. The van der Waals surface area contributed by atoms with E-state index in [4.69, 9.17) is 4.98 Å². The first-order chi connectivity index (χ1) is 12.0. The van der Waals surface area contributed by atoms with Gasteiger partial charge in [0.25, 0.3) is 5.91 Å². The van der Waals surface area contributed by atoms with Gasteiger partial charge in [0.05, 0.1) is 5.69 Å². The number of aromatic nitrogens is 1. The fourth-order valence-electron chi connectivity index (χ4n) is 2.79. The van der Waals surface area contributed by atoms with Gasteiger partial charge in [-0.2, -0.15) is 0 Å². The van der Waals surface area contributed by atoms with Crippen LogP contribution in [-0.2, 0) is 0 Å². The summed E-state index contributed by atoms with van der Waals surface area (Å²) in [6, 6.07) is 18.4. The molecule has 25 heavy (non-hydrogen) atoms. The second-order valence-corrected chi connectivity index (χ2v) is 7.50. The number of pyridine rings is 1. The summed E-state index contributed by atoms with van der Waals surface area (Å²) in [6.07, 6.45) is 0.916. The Morgan fingerprint density at radius 3 is 2.52 bits per heavy atom. The van der Waals surface area contributed by atoms with Crippen LogP contribution in [0.25, 0.3) is 22.0 Å². The van der Waals surface area contributed by atoms with Gasteiger partial charge in [0.15, 0.2) is 0 Å². The number of carbonyl (C=O) groups excluding carboxylic acids is 1. The van der Waals surface area contributed by atoms with Crippen molar-refractivity contribution in [1.82, 2.24) is 9.88 Å². The maximum Gasteiger partial charge on any atom is 0.272 e. The SMILES string of the molecule is CCC(C)N(C)C(=O)c1cc2ccccc2c(-c2ccc(I)cc2)n1. The van der Waals surface area contributed by atoms with Crippen LogP contribution in [0.4, 0.5) is 0 Å². The van der Waals surface area contributed by atoms with Gasteiger partial charge in [0.2, 0.25) is 0 Å². The van der Waals surface area contributed by atoms with E-state index >= 15 is 0 Å². The van der Waals surface area contributed by atoms with E-state index in [1.807, 2.05) is 31.3 Å². The standard InChI is InChI=1S/C21H21IN2O/c1-4-14(2)24(3)21(25)19-13-16-7-5-6-8-18(16)20(23-19)15-9-11-17(22)12-10-15/h5-14H,4H2,1-3H3. The van der Waals surface area contributed by atoms with Crippen LogP contribution in [0.2, 0.25) is 0 Å². The molecule has 1 heterocycles. The van der Waals surface area contributed by atoms with E-state index in [9.17, 15) is 4.79 Å². The summed E-state index contributed by atoms with van der Waals surface area (Å²) in [5.41, 5.74) is 2.38. The number of amides is 1. The molecule has 3 nitrogen and oxygen atoms in total. The zero-order valence-electron chi connectivity index (χ0n) is 14.7. The van der Waals surface area contributed by atoms with Crippen molar-refractivity contribution >= 4 is 39.3 Å².